The van der Waals surface area contributed by atoms with Crippen molar-refractivity contribution >= 4 is 35.2 Å². The highest BCUT2D eigenvalue weighted by molar-refractivity contribution is 7.13. The van der Waals surface area contributed by atoms with Crippen LogP contribution >= 0.6 is 11.3 Å². The number of aromatic nitrogens is 3. The summed E-state index contributed by atoms with van der Waals surface area (Å²) in [5.74, 6) is -4.85. The SMILES string of the molecule is C=CCN(C)[C@@H]1C[C@H](C)O[C@H](O[C@@H]2[C@@H](C)[C@H](OC(=O)Cc3cccnc3)[C@@H](C)C(=O)O[C@H](CC)[C@@]3(C)OC(=O)N(CCCCn4cc(-c5cccs5)cn4)[C@@H]3[C@@H](C)C(=O)[C@H](C)C[C@@]2(C)OC)[C@H]1O. The fourth-order valence-corrected chi connectivity index (χ4v) is 11.5. The van der Waals surface area contributed by atoms with Crippen LogP contribution in [0.2, 0.25) is 0 Å². The lowest BCUT2D eigenvalue weighted by atomic mass is 9.73. The van der Waals surface area contributed by atoms with Gasteiger partial charge in [-0.05, 0) is 89.9 Å². The number of aliphatic hydroxyl groups excluding tert-OH is 1. The molecule has 1 N–H and O–H groups in total. The summed E-state index contributed by atoms with van der Waals surface area (Å²) in [5, 5.41) is 18.5. The van der Waals surface area contributed by atoms with E-state index in [1.807, 2.05) is 75.1 Å². The number of unbranched alkanes of at least 4 members (excludes halogenated alkanes) is 1. The smallest absolute Gasteiger partial charge is 0.410 e. The van der Waals surface area contributed by atoms with Crippen molar-refractivity contribution in [2.45, 2.75) is 161 Å². The molecule has 3 saturated heterocycles. The maximum absolute atomic E-state index is 15.1. The minimum Gasteiger partial charge on any atom is -0.461 e. The van der Waals surface area contributed by atoms with Gasteiger partial charge in [-0.1, -0.05) is 45.9 Å². The molecule has 0 radical (unpaired) electrons. The van der Waals surface area contributed by atoms with Crippen LogP contribution in [0.4, 0.5) is 4.79 Å². The molecule has 0 unspecified atom stereocenters. The van der Waals surface area contributed by atoms with Crippen molar-refractivity contribution in [1.29, 1.82) is 0 Å². The Bertz CT molecular complexity index is 2160. The van der Waals surface area contributed by atoms with Crippen molar-refractivity contribution in [3.05, 3.63) is 72.7 Å². The Kier molecular flexibility index (Phi) is 17.8. The quantitative estimate of drug-likeness (QED) is 0.0663. The van der Waals surface area contributed by atoms with Gasteiger partial charge in [-0.25, -0.2) is 4.79 Å². The van der Waals surface area contributed by atoms with Gasteiger partial charge in [0.15, 0.2) is 11.9 Å². The van der Waals surface area contributed by atoms with E-state index in [4.69, 9.17) is 28.4 Å². The van der Waals surface area contributed by atoms with Crippen molar-refractivity contribution in [2.24, 2.45) is 23.7 Å². The predicted molar refractivity (Wildman–Crippen MR) is 256 cm³/mol. The molecule has 68 heavy (non-hydrogen) atoms. The van der Waals surface area contributed by atoms with Crippen LogP contribution in [0.3, 0.4) is 0 Å². The lowest BCUT2D eigenvalue weighted by Gasteiger charge is -2.48. The zero-order valence-corrected chi connectivity index (χ0v) is 42.3. The molecule has 14 atom stereocenters. The Hall–Kier alpha value is -4.52. The Labute approximate surface area is 405 Å². The van der Waals surface area contributed by atoms with Crippen LogP contribution in [0.25, 0.3) is 10.4 Å². The number of methoxy groups -OCH3 is 1. The van der Waals surface area contributed by atoms with E-state index < -0.39 is 89.7 Å². The maximum atomic E-state index is 15.1. The minimum absolute atomic E-state index is 0.113. The van der Waals surface area contributed by atoms with E-state index in [-0.39, 0.29) is 43.7 Å². The molecule has 3 aliphatic rings. The number of hydrogen-bond acceptors (Lipinski definition) is 15. The number of Topliss-reactive ketones (excluding diaryl/α,β-unsaturated/α-hetero) is 1. The van der Waals surface area contributed by atoms with E-state index in [1.165, 1.54) is 7.11 Å². The molecule has 3 fully saturated rings. The van der Waals surface area contributed by atoms with Gasteiger partial charge in [0.1, 0.15) is 24.1 Å². The molecule has 0 saturated carbocycles. The van der Waals surface area contributed by atoms with Crippen molar-refractivity contribution in [3.63, 3.8) is 0 Å². The van der Waals surface area contributed by atoms with E-state index >= 15 is 4.79 Å². The van der Waals surface area contributed by atoms with Crippen LogP contribution in [-0.4, -0.2) is 141 Å². The molecule has 0 bridgehead atoms. The Morgan fingerprint density at radius 2 is 1.82 bits per heavy atom. The second-order valence-electron chi connectivity index (χ2n) is 19.5. The Balaban J connectivity index is 1.35. The molecule has 6 heterocycles. The summed E-state index contributed by atoms with van der Waals surface area (Å²) < 4.78 is 40.6. The molecule has 6 rings (SSSR count). The first-order valence-electron chi connectivity index (χ1n) is 24.1. The van der Waals surface area contributed by atoms with Crippen molar-refractivity contribution < 1.29 is 52.7 Å². The number of carbonyl (C=O) groups excluding carboxylic acids is 4. The number of thiophene rings is 1. The second-order valence-corrected chi connectivity index (χ2v) is 20.5. The molecular formula is C51H73N5O11S. The number of ether oxygens (including phenoxy) is 6. The topological polar surface area (TPSA) is 181 Å². The molecule has 374 valence electrons. The van der Waals surface area contributed by atoms with Crippen molar-refractivity contribution in [3.8, 4) is 10.4 Å². The molecule has 3 aromatic heterocycles. The molecular weight excluding hydrogens is 891 g/mol. The predicted octanol–water partition coefficient (Wildman–Crippen LogP) is 7.13. The number of aliphatic hydroxyl groups is 1. The van der Waals surface area contributed by atoms with Crippen LogP contribution in [0.15, 0.2) is 67.1 Å². The van der Waals surface area contributed by atoms with Gasteiger partial charge in [0.2, 0.25) is 0 Å². The fraction of sp³-hybridized carbons (Fsp3) is 0.647. The van der Waals surface area contributed by atoms with Crippen LogP contribution < -0.4 is 0 Å². The summed E-state index contributed by atoms with van der Waals surface area (Å²) in [5.41, 5.74) is -1.10. The Morgan fingerprint density at radius 1 is 1.07 bits per heavy atom. The van der Waals surface area contributed by atoms with Gasteiger partial charge in [0.25, 0.3) is 0 Å². The van der Waals surface area contributed by atoms with Crippen LogP contribution in [0.1, 0.15) is 93.1 Å². The third-order valence-corrected chi connectivity index (χ3v) is 15.4. The van der Waals surface area contributed by atoms with Crippen LogP contribution in [0.5, 0.6) is 0 Å². The molecule has 3 aromatic rings. The first-order chi connectivity index (χ1) is 32.3. The van der Waals surface area contributed by atoms with Crippen molar-refractivity contribution in [1.82, 2.24) is 24.6 Å². The molecule has 1 amide bonds. The average Bonchev–Trinajstić information content (AvgIpc) is 4.08. The zero-order chi connectivity index (χ0) is 49.5. The monoisotopic (exact) mass is 964 g/mol. The highest BCUT2D eigenvalue weighted by Crippen LogP contribution is 2.44. The van der Waals surface area contributed by atoms with Gasteiger partial charge >= 0.3 is 18.0 Å². The number of likely N-dealkylation sites (N-methyl/N-ethyl adjacent to an activating group) is 1. The highest BCUT2D eigenvalue weighted by Gasteiger charge is 2.60. The van der Waals surface area contributed by atoms with Crippen LogP contribution in [-0.2, 0) is 55.8 Å². The summed E-state index contributed by atoms with van der Waals surface area (Å²) in [6.45, 7) is 19.7. The lowest BCUT2D eigenvalue weighted by molar-refractivity contribution is -0.302. The number of esters is 2. The molecule has 0 aromatic carbocycles. The number of rotatable bonds is 16. The van der Waals surface area contributed by atoms with Gasteiger partial charge in [0, 0.05) is 79.6 Å². The molecule has 3 aliphatic heterocycles. The third-order valence-electron chi connectivity index (χ3n) is 14.5. The number of nitrogens with zero attached hydrogens (tertiary/aromatic N) is 5. The number of fused-ring (bicyclic) bond motifs is 1. The van der Waals surface area contributed by atoms with E-state index in [9.17, 15) is 19.5 Å². The number of aryl methyl sites for hydroxylation is 1. The van der Waals surface area contributed by atoms with Crippen molar-refractivity contribution in [2.75, 3.05) is 27.2 Å². The first-order valence-corrected chi connectivity index (χ1v) is 25.0. The zero-order valence-electron chi connectivity index (χ0n) is 41.4. The largest absolute Gasteiger partial charge is 0.461 e. The summed E-state index contributed by atoms with van der Waals surface area (Å²) in [4.78, 5) is 66.8. The van der Waals surface area contributed by atoms with E-state index in [0.717, 1.165) is 10.4 Å². The maximum Gasteiger partial charge on any atom is 0.410 e. The standard InChI is InChI=1S/C51H73N5O11S/c1-12-21-54(10)38-25-32(4)63-48(43(38)59)66-46-34(6)44(65-41(57)26-36-18-16-20-52-28-36)35(7)47(60)64-40(13-2)51(9)45(33(5)42(58)31(3)27-50(46,8)62-11)56(49(61)67-51)23-15-14-22-55-30-37(29-53-55)39-19-17-24-68-39/h12,16-20,24,28-35,38,40,43-46,48,59H,1,13-15,21-23,25-27H2,2-11H3/t31-,32+,33+,34+,35-,38-,40-,43+,44+,45-,46-,48-,50-,51-/m1/s1. The Morgan fingerprint density at radius 3 is 2.49 bits per heavy atom. The second kappa shape index (κ2) is 22.9. The summed E-state index contributed by atoms with van der Waals surface area (Å²) >= 11 is 1.65. The fourth-order valence-electron chi connectivity index (χ4n) is 10.8. The van der Waals surface area contributed by atoms with Gasteiger partial charge < -0.3 is 38.4 Å². The number of ketones is 1. The molecule has 16 nitrogen and oxygen atoms in total. The summed E-state index contributed by atoms with van der Waals surface area (Å²) in [6, 6.07) is 6.36. The van der Waals surface area contributed by atoms with Gasteiger partial charge in [-0.3, -0.25) is 28.9 Å². The molecule has 17 heteroatoms. The first kappa shape index (κ1) is 52.8. The van der Waals surface area contributed by atoms with E-state index in [2.05, 4.69) is 22.7 Å². The van der Waals surface area contributed by atoms with Gasteiger partial charge in [-0.2, -0.15) is 5.10 Å². The van der Waals surface area contributed by atoms with E-state index in [0.29, 0.717) is 37.9 Å². The number of pyridine rings is 1. The highest BCUT2D eigenvalue weighted by atomic mass is 32.1. The normalized spacial score (nSPS) is 33.9. The van der Waals surface area contributed by atoms with Crippen LogP contribution in [0, 0.1) is 23.7 Å². The number of amides is 1. The number of cyclic esters (lactones) is 1. The van der Waals surface area contributed by atoms with Gasteiger partial charge in [-0.15, -0.1) is 17.9 Å². The molecule has 0 spiro atoms. The average molecular weight is 964 g/mol. The molecule has 0 aliphatic carbocycles. The third kappa shape index (κ3) is 11.7. The number of carbonyl (C=O) groups is 4. The lowest BCUT2D eigenvalue weighted by Crippen LogP contribution is -2.61. The summed E-state index contributed by atoms with van der Waals surface area (Å²) in [6.07, 6.45) is 4.40. The van der Waals surface area contributed by atoms with E-state index in [1.54, 1.807) is 67.6 Å². The van der Waals surface area contributed by atoms with Gasteiger partial charge in [0.05, 0.1) is 42.4 Å². The summed E-state index contributed by atoms with van der Waals surface area (Å²) in [7, 11) is 3.42. The minimum atomic E-state index is -1.44. The number of hydrogen-bond donors (Lipinski definition) is 1.